The number of amides is 1. The van der Waals surface area contributed by atoms with E-state index in [0.29, 0.717) is 13.1 Å². The summed E-state index contributed by atoms with van der Waals surface area (Å²) < 4.78 is 18.0. The zero-order valence-corrected chi connectivity index (χ0v) is 10.5. The third-order valence-electron chi connectivity index (χ3n) is 2.69. The number of hydrogen-bond acceptors (Lipinski definition) is 3. The van der Waals surface area contributed by atoms with Crippen LogP contribution >= 0.6 is 11.6 Å². The summed E-state index contributed by atoms with van der Waals surface area (Å²) in [5.74, 6) is -0.279. The average Bonchev–Trinajstić information content (AvgIpc) is 2.61. The molecule has 1 N–H and O–H groups in total. The van der Waals surface area contributed by atoms with Crippen LogP contribution in [0.4, 0.5) is 9.18 Å². The highest BCUT2D eigenvalue weighted by Gasteiger charge is 2.18. The fourth-order valence-electron chi connectivity index (χ4n) is 1.74. The van der Waals surface area contributed by atoms with E-state index >= 15 is 0 Å². The number of nitrogens with zero attached hydrogens (tertiary/aromatic N) is 1. The molecule has 1 amide bonds. The van der Waals surface area contributed by atoms with E-state index in [9.17, 15) is 9.18 Å². The second-order valence-electron chi connectivity index (χ2n) is 4.03. The number of halogens is 2. The van der Waals surface area contributed by atoms with Gasteiger partial charge < -0.3 is 15.0 Å². The fraction of sp³-hybridized carbons (Fsp3) is 0.417. The minimum atomic E-state index is -0.459. The predicted molar refractivity (Wildman–Crippen MR) is 66.5 cm³/mol. The summed E-state index contributed by atoms with van der Waals surface area (Å²) in [7, 11) is 0. The van der Waals surface area contributed by atoms with Crippen LogP contribution in [0.1, 0.15) is 6.42 Å². The molecule has 0 atom stereocenters. The van der Waals surface area contributed by atoms with Gasteiger partial charge >= 0.3 is 6.09 Å². The topological polar surface area (TPSA) is 41.6 Å². The van der Waals surface area contributed by atoms with E-state index in [1.165, 1.54) is 12.1 Å². The summed E-state index contributed by atoms with van der Waals surface area (Å²) in [5.41, 5.74) is 0. The molecule has 0 aliphatic carbocycles. The van der Waals surface area contributed by atoms with E-state index in [0.717, 1.165) is 25.6 Å². The van der Waals surface area contributed by atoms with Gasteiger partial charge in [0.05, 0.1) is 5.02 Å². The van der Waals surface area contributed by atoms with Crippen LogP contribution < -0.4 is 10.1 Å². The third-order valence-corrected chi connectivity index (χ3v) is 2.98. The lowest BCUT2D eigenvalue weighted by Crippen LogP contribution is -2.36. The predicted octanol–water partition coefficient (Wildman–Crippen LogP) is 2.27. The minimum absolute atomic E-state index is 0.0938. The lowest BCUT2D eigenvalue weighted by atomic mass is 10.3. The van der Waals surface area contributed by atoms with Crippen LogP contribution in [-0.4, -0.2) is 37.2 Å². The molecule has 2 rings (SSSR count). The summed E-state index contributed by atoms with van der Waals surface area (Å²) in [5, 5.41) is 3.28. The van der Waals surface area contributed by atoms with Crippen LogP contribution in [0.15, 0.2) is 18.2 Å². The maximum atomic E-state index is 12.8. The molecule has 1 aliphatic rings. The first kappa shape index (κ1) is 13.1. The standard InChI is InChI=1S/C12H14ClFN2O2/c13-10-8-9(14)2-3-11(10)18-12(17)16-6-1-4-15-5-7-16/h2-3,8,15H,1,4-7H2. The summed E-state index contributed by atoms with van der Waals surface area (Å²) in [6.45, 7) is 2.87. The summed E-state index contributed by atoms with van der Waals surface area (Å²) in [6, 6.07) is 3.68. The van der Waals surface area contributed by atoms with Crippen molar-refractivity contribution in [2.24, 2.45) is 0 Å². The van der Waals surface area contributed by atoms with Crippen LogP contribution in [0.2, 0.25) is 5.02 Å². The molecule has 18 heavy (non-hydrogen) atoms. The Morgan fingerprint density at radius 3 is 3.00 bits per heavy atom. The van der Waals surface area contributed by atoms with E-state index in [1.807, 2.05) is 0 Å². The summed E-state index contributed by atoms with van der Waals surface area (Å²) in [4.78, 5) is 13.5. The van der Waals surface area contributed by atoms with Crippen LogP contribution in [-0.2, 0) is 0 Å². The van der Waals surface area contributed by atoms with Crippen LogP contribution in [0, 0.1) is 5.82 Å². The number of ether oxygens (including phenoxy) is 1. The molecule has 1 aliphatic heterocycles. The maximum absolute atomic E-state index is 12.8. The van der Waals surface area contributed by atoms with Crippen molar-refractivity contribution in [1.29, 1.82) is 0 Å². The molecule has 98 valence electrons. The van der Waals surface area contributed by atoms with Crippen LogP contribution in [0.25, 0.3) is 0 Å². The highest BCUT2D eigenvalue weighted by Crippen LogP contribution is 2.25. The Bertz CT molecular complexity index is 434. The molecule has 0 saturated carbocycles. The fourth-order valence-corrected chi connectivity index (χ4v) is 1.95. The van der Waals surface area contributed by atoms with Gasteiger partial charge in [-0.3, -0.25) is 0 Å². The lowest BCUT2D eigenvalue weighted by molar-refractivity contribution is 0.155. The molecule has 0 unspecified atom stereocenters. The minimum Gasteiger partial charge on any atom is -0.409 e. The molecule has 6 heteroatoms. The van der Waals surface area contributed by atoms with Gasteiger partial charge in [0.2, 0.25) is 0 Å². The summed E-state index contributed by atoms with van der Waals surface area (Å²) in [6.07, 6.45) is 0.430. The van der Waals surface area contributed by atoms with Crippen molar-refractivity contribution < 1.29 is 13.9 Å². The number of benzene rings is 1. The molecule has 0 radical (unpaired) electrons. The molecule has 1 aromatic rings. The van der Waals surface area contributed by atoms with Crippen LogP contribution in [0.3, 0.4) is 0 Å². The zero-order chi connectivity index (χ0) is 13.0. The van der Waals surface area contributed by atoms with Crippen molar-refractivity contribution in [3.63, 3.8) is 0 Å². The smallest absolute Gasteiger partial charge is 0.409 e. The number of carbonyl (C=O) groups is 1. The highest BCUT2D eigenvalue weighted by atomic mass is 35.5. The van der Waals surface area contributed by atoms with Gasteiger partial charge in [0.25, 0.3) is 0 Å². The third kappa shape index (κ3) is 3.34. The van der Waals surface area contributed by atoms with E-state index in [1.54, 1.807) is 4.90 Å². The Kier molecular flexibility index (Phi) is 4.38. The Morgan fingerprint density at radius 1 is 1.39 bits per heavy atom. The van der Waals surface area contributed by atoms with E-state index < -0.39 is 11.9 Å². The second-order valence-corrected chi connectivity index (χ2v) is 4.44. The first-order valence-corrected chi connectivity index (χ1v) is 6.17. The molecule has 0 spiro atoms. The SMILES string of the molecule is O=C(Oc1ccc(F)cc1Cl)N1CCCNCC1. The quantitative estimate of drug-likeness (QED) is 0.853. The van der Waals surface area contributed by atoms with Crippen molar-refractivity contribution in [1.82, 2.24) is 10.2 Å². The van der Waals surface area contributed by atoms with Crippen molar-refractivity contribution in [2.75, 3.05) is 26.2 Å². The Labute approximate surface area is 110 Å². The number of rotatable bonds is 1. The second kappa shape index (κ2) is 6.02. The van der Waals surface area contributed by atoms with Gasteiger partial charge in [0.1, 0.15) is 5.82 Å². The molecular formula is C12H14ClFN2O2. The van der Waals surface area contributed by atoms with Gasteiger partial charge in [0, 0.05) is 19.6 Å². The maximum Gasteiger partial charge on any atom is 0.415 e. The molecular weight excluding hydrogens is 259 g/mol. The molecule has 0 bridgehead atoms. The van der Waals surface area contributed by atoms with Crippen molar-refractivity contribution in [3.8, 4) is 5.75 Å². The first-order chi connectivity index (χ1) is 8.66. The van der Waals surface area contributed by atoms with Gasteiger partial charge in [-0.05, 0) is 31.2 Å². The largest absolute Gasteiger partial charge is 0.415 e. The van der Waals surface area contributed by atoms with Gasteiger partial charge in [-0.1, -0.05) is 11.6 Å². The number of nitrogens with one attached hydrogen (secondary N) is 1. The van der Waals surface area contributed by atoms with Crippen molar-refractivity contribution in [2.45, 2.75) is 6.42 Å². The van der Waals surface area contributed by atoms with Crippen molar-refractivity contribution in [3.05, 3.63) is 29.0 Å². The molecule has 1 heterocycles. The van der Waals surface area contributed by atoms with Crippen LogP contribution in [0.5, 0.6) is 5.75 Å². The lowest BCUT2D eigenvalue weighted by Gasteiger charge is -2.19. The van der Waals surface area contributed by atoms with Gasteiger partial charge in [-0.15, -0.1) is 0 Å². The Hall–Kier alpha value is -1.33. The monoisotopic (exact) mass is 272 g/mol. The molecule has 4 nitrogen and oxygen atoms in total. The van der Waals surface area contributed by atoms with Gasteiger partial charge in [-0.25, -0.2) is 9.18 Å². The number of carbonyl (C=O) groups excluding carboxylic acids is 1. The van der Waals surface area contributed by atoms with Gasteiger partial charge in [0.15, 0.2) is 5.75 Å². The van der Waals surface area contributed by atoms with Gasteiger partial charge in [-0.2, -0.15) is 0 Å². The van der Waals surface area contributed by atoms with E-state index in [-0.39, 0.29) is 10.8 Å². The summed E-state index contributed by atoms with van der Waals surface area (Å²) >= 11 is 5.80. The normalized spacial score (nSPS) is 16.2. The van der Waals surface area contributed by atoms with E-state index in [2.05, 4.69) is 5.32 Å². The first-order valence-electron chi connectivity index (χ1n) is 5.79. The molecule has 1 fully saturated rings. The van der Waals surface area contributed by atoms with Crippen molar-refractivity contribution >= 4 is 17.7 Å². The molecule has 1 aromatic carbocycles. The highest BCUT2D eigenvalue weighted by molar-refractivity contribution is 6.32. The average molecular weight is 273 g/mol. The zero-order valence-electron chi connectivity index (χ0n) is 9.79. The Morgan fingerprint density at radius 2 is 2.22 bits per heavy atom. The van der Waals surface area contributed by atoms with E-state index in [4.69, 9.17) is 16.3 Å². The number of hydrogen-bond donors (Lipinski definition) is 1. The Balaban J connectivity index is 2.01. The molecule has 1 saturated heterocycles. The molecule has 0 aromatic heterocycles.